The summed E-state index contributed by atoms with van der Waals surface area (Å²) in [5.74, 6) is -2.62. The molecule has 6 nitrogen and oxygen atoms in total. The number of thiazole rings is 1. The number of nitrogens with zero attached hydrogens (tertiary/aromatic N) is 1. The molecule has 0 saturated carbocycles. The Kier molecular flexibility index (Phi) is 6.73. The van der Waals surface area contributed by atoms with Crippen molar-refractivity contribution >= 4 is 37.8 Å². The first-order valence-electron chi connectivity index (χ1n) is 10.1. The fourth-order valence-corrected chi connectivity index (χ4v) is 5.64. The number of anilines is 2. The zero-order valence-corrected chi connectivity index (χ0v) is 18.9. The van der Waals surface area contributed by atoms with E-state index in [0.717, 1.165) is 35.0 Å². The van der Waals surface area contributed by atoms with Gasteiger partial charge in [-0.3, -0.25) is 4.72 Å². The Morgan fingerprint density at radius 1 is 1.12 bits per heavy atom. The summed E-state index contributed by atoms with van der Waals surface area (Å²) in [5, 5.41) is 4.45. The molecule has 0 radical (unpaired) electrons. The molecule has 3 aromatic rings. The molecule has 2 aromatic carbocycles. The van der Waals surface area contributed by atoms with E-state index in [4.69, 9.17) is 5.73 Å². The maximum atomic E-state index is 14.7. The topological polar surface area (TPSA) is 97.1 Å². The molecular formula is C22H21F3N4O2S2. The average molecular weight is 495 g/mol. The molecule has 1 heterocycles. The Morgan fingerprint density at radius 3 is 2.58 bits per heavy atom. The van der Waals surface area contributed by atoms with E-state index in [1.807, 2.05) is 6.08 Å². The number of halogens is 3. The van der Waals surface area contributed by atoms with E-state index < -0.39 is 26.6 Å². The fourth-order valence-electron chi connectivity index (χ4n) is 3.78. The molecular weight excluding hydrogens is 473 g/mol. The van der Waals surface area contributed by atoms with Crippen molar-refractivity contribution < 1.29 is 21.6 Å². The summed E-state index contributed by atoms with van der Waals surface area (Å²) in [6.07, 6.45) is 4.87. The number of rotatable bonds is 7. The first-order chi connectivity index (χ1) is 15.7. The lowest BCUT2D eigenvalue weighted by atomic mass is 9.80. The van der Waals surface area contributed by atoms with E-state index in [-0.39, 0.29) is 35.1 Å². The van der Waals surface area contributed by atoms with Gasteiger partial charge in [0.15, 0.2) is 5.13 Å². The molecule has 0 spiro atoms. The monoisotopic (exact) mass is 494 g/mol. The van der Waals surface area contributed by atoms with Crippen molar-refractivity contribution in [3.8, 4) is 0 Å². The van der Waals surface area contributed by atoms with Gasteiger partial charge in [0.05, 0.1) is 5.69 Å². The Balaban J connectivity index is 1.54. The van der Waals surface area contributed by atoms with Gasteiger partial charge in [-0.2, -0.15) is 0 Å². The lowest BCUT2D eigenvalue weighted by Crippen LogP contribution is -2.37. The predicted molar refractivity (Wildman–Crippen MR) is 123 cm³/mol. The molecule has 4 rings (SSSR count). The van der Waals surface area contributed by atoms with Crippen molar-refractivity contribution in [2.75, 3.05) is 16.6 Å². The molecule has 1 aliphatic rings. The molecule has 174 valence electrons. The number of hydrogen-bond acceptors (Lipinski definition) is 6. The van der Waals surface area contributed by atoms with Gasteiger partial charge in [-0.15, -0.1) is 11.3 Å². The van der Waals surface area contributed by atoms with Crippen molar-refractivity contribution in [1.29, 1.82) is 0 Å². The van der Waals surface area contributed by atoms with Crippen LogP contribution in [0.25, 0.3) is 5.57 Å². The summed E-state index contributed by atoms with van der Waals surface area (Å²) in [7, 11) is -4.35. The van der Waals surface area contributed by atoms with Crippen LogP contribution in [-0.2, 0) is 10.0 Å². The van der Waals surface area contributed by atoms with Gasteiger partial charge < -0.3 is 11.1 Å². The van der Waals surface area contributed by atoms with Gasteiger partial charge in [0.25, 0.3) is 10.0 Å². The van der Waals surface area contributed by atoms with E-state index >= 15 is 0 Å². The summed E-state index contributed by atoms with van der Waals surface area (Å²) in [6.45, 7) is 0.185. The number of benzene rings is 2. The Morgan fingerprint density at radius 2 is 1.88 bits per heavy atom. The van der Waals surface area contributed by atoms with Crippen LogP contribution in [0.5, 0.6) is 0 Å². The second kappa shape index (κ2) is 9.54. The zero-order chi connectivity index (χ0) is 23.6. The maximum absolute atomic E-state index is 14.7. The number of nitrogens with one attached hydrogen (secondary N) is 2. The van der Waals surface area contributed by atoms with Crippen molar-refractivity contribution in [2.45, 2.75) is 23.8 Å². The van der Waals surface area contributed by atoms with E-state index in [1.165, 1.54) is 18.3 Å². The molecule has 11 heteroatoms. The summed E-state index contributed by atoms with van der Waals surface area (Å²) >= 11 is 1.01. The van der Waals surface area contributed by atoms with E-state index in [0.29, 0.717) is 12.5 Å². The summed E-state index contributed by atoms with van der Waals surface area (Å²) in [6, 6.07) is 7.22. The highest BCUT2D eigenvalue weighted by Gasteiger charge is 2.27. The Bertz CT molecular complexity index is 1260. The molecule has 4 N–H and O–H groups in total. The van der Waals surface area contributed by atoms with Crippen LogP contribution in [0.2, 0.25) is 0 Å². The Hall–Kier alpha value is -2.89. The normalized spacial score (nSPS) is 18.6. The van der Waals surface area contributed by atoms with Gasteiger partial charge in [0, 0.05) is 36.1 Å². The average Bonchev–Trinajstić information content (AvgIpc) is 3.27. The number of aromatic nitrogens is 1. The Labute approximate surface area is 193 Å². The highest BCUT2D eigenvalue weighted by Crippen LogP contribution is 2.33. The lowest BCUT2D eigenvalue weighted by molar-refractivity contribution is 0.485. The number of nitrogens with two attached hydrogens (primary N) is 1. The molecule has 1 aromatic heterocycles. The molecule has 33 heavy (non-hydrogen) atoms. The first kappa shape index (κ1) is 23.3. The van der Waals surface area contributed by atoms with Crippen molar-refractivity contribution in [2.24, 2.45) is 11.7 Å². The quantitative estimate of drug-likeness (QED) is 0.446. The van der Waals surface area contributed by atoms with Crippen molar-refractivity contribution in [1.82, 2.24) is 4.98 Å². The minimum atomic E-state index is -4.35. The van der Waals surface area contributed by atoms with Crippen molar-refractivity contribution in [3.63, 3.8) is 0 Å². The second-order valence-corrected chi connectivity index (χ2v) is 10.1. The summed E-state index contributed by atoms with van der Waals surface area (Å²) in [5.41, 5.74) is 7.82. The molecule has 0 saturated heterocycles. The van der Waals surface area contributed by atoms with Gasteiger partial charge in [0.2, 0.25) is 0 Å². The standard InChI is InChI=1S/C22H21F3N4O2S2/c23-14-6-4-13(5-7-14)15-2-1-3-19(26)16(15)12-28-20-10-18(25)21(11-17(20)24)33(30,31)29-22-27-8-9-32-22/h2,4-11,16,19,28H,1,3,12,26H2,(H,27,29). The fraction of sp³-hybridized carbons (Fsp3) is 0.227. The zero-order valence-electron chi connectivity index (χ0n) is 17.3. The highest BCUT2D eigenvalue weighted by molar-refractivity contribution is 7.93. The minimum Gasteiger partial charge on any atom is -0.382 e. The van der Waals surface area contributed by atoms with Crippen molar-refractivity contribution in [3.05, 3.63) is 77.1 Å². The van der Waals surface area contributed by atoms with E-state index in [1.54, 1.807) is 17.5 Å². The van der Waals surface area contributed by atoms with Crippen LogP contribution in [0.4, 0.5) is 24.0 Å². The van der Waals surface area contributed by atoms with Crippen LogP contribution in [-0.4, -0.2) is 26.0 Å². The van der Waals surface area contributed by atoms with Crippen LogP contribution in [0.15, 0.2) is 58.9 Å². The third-order valence-corrected chi connectivity index (χ3v) is 7.61. The van der Waals surface area contributed by atoms with Crippen LogP contribution in [0.1, 0.15) is 18.4 Å². The molecule has 2 unspecified atom stereocenters. The van der Waals surface area contributed by atoms with Gasteiger partial charge >= 0.3 is 0 Å². The van der Waals surface area contributed by atoms with Crippen LogP contribution < -0.4 is 15.8 Å². The first-order valence-corrected chi connectivity index (χ1v) is 12.5. The molecule has 0 aliphatic heterocycles. The molecule has 2 atom stereocenters. The van der Waals surface area contributed by atoms with Gasteiger partial charge in [-0.05, 0) is 42.2 Å². The summed E-state index contributed by atoms with van der Waals surface area (Å²) in [4.78, 5) is 2.97. The molecule has 0 amide bonds. The third-order valence-electron chi connectivity index (χ3n) is 5.44. The SMILES string of the molecule is NC1CCC=C(c2ccc(F)cc2)C1CNc1cc(F)c(S(=O)(=O)Nc2nccs2)cc1F. The summed E-state index contributed by atoms with van der Waals surface area (Å²) < 4.78 is 69.7. The van der Waals surface area contributed by atoms with Gasteiger partial charge in [-0.1, -0.05) is 18.2 Å². The third kappa shape index (κ3) is 5.21. The predicted octanol–water partition coefficient (Wildman–Crippen LogP) is 4.59. The molecule has 1 aliphatic carbocycles. The largest absolute Gasteiger partial charge is 0.382 e. The van der Waals surface area contributed by atoms with Crippen LogP contribution in [0.3, 0.4) is 0 Å². The second-order valence-electron chi connectivity index (χ2n) is 7.60. The smallest absolute Gasteiger partial charge is 0.266 e. The number of hydrogen-bond donors (Lipinski definition) is 3. The number of allylic oxidation sites excluding steroid dienone is 1. The van der Waals surface area contributed by atoms with Crippen LogP contribution >= 0.6 is 11.3 Å². The number of sulfonamides is 1. The van der Waals surface area contributed by atoms with Crippen LogP contribution in [0, 0.1) is 23.4 Å². The van der Waals surface area contributed by atoms with E-state index in [2.05, 4.69) is 15.0 Å². The van der Waals surface area contributed by atoms with Gasteiger partial charge in [-0.25, -0.2) is 26.6 Å². The highest BCUT2D eigenvalue weighted by atomic mass is 32.2. The van der Waals surface area contributed by atoms with Gasteiger partial charge in [0.1, 0.15) is 22.3 Å². The molecule has 0 fully saturated rings. The minimum absolute atomic E-state index is 0.0448. The van der Waals surface area contributed by atoms with E-state index in [9.17, 15) is 21.6 Å². The maximum Gasteiger partial charge on any atom is 0.266 e. The lowest BCUT2D eigenvalue weighted by Gasteiger charge is -2.31. The molecule has 0 bridgehead atoms.